The third kappa shape index (κ3) is 5.97. The molecule has 0 fully saturated rings. The first-order valence-corrected chi connectivity index (χ1v) is 10.4. The third-order valence-electron chi connectivity index (χ3n) is 4.22. The van der Waals surface area contributed by atoms with Gasteiger partial charge in [-0.25, -0.2) is 0 Å². The molecule has 5 heteroatoms. The van der Waals surface area contributed by atoms with E-state index in [1.165, 1.54) is 5.56 Å². The van der Waals surface area contributed by atoms with Crippen molar-refractivity contribution < 1.29 is 9.35 Å². The molecule has 1 unspecified atom stereocenters. The van der Waals surface area contributed by atoms with Crippen LogP contribution < -0.4 is 0 Å². The van der Waals surface area contributed by atoms with Crippen LogP contribution in [-0.2, 0) is 10.8 Å². The SMILES string of the molecule is CC(C)(C)[Si](C)(C)OC(CCc1ccccc1)C[N+](=O)[O-]. The Balaban J connectivity index is 2.70. The van der Waals surface area contributed by atoms with Crippen LogP contribution in [0.5, 0.6) is 0 Å². The van der Waals surface area contributed by atoms with Gasteiger partial charge in [-0.3, -0.25) is 10.1 Å². The standard InChI is InChI=1S/C16H27NO3Si/c1-16(2,3)21(4,5)20-15(13-17(18)19)12-11-14-9-7-6-8-10-14/h6-10,15H,11-13H2,1-5H3. The number of nitro groups is 1. The van der Waals surface area contributed by atoms with Crippen molar-refractivity contribution in [2.24, 2.45) is 0 Å². The van der Waals surface area contributed by atoms with E-state index in [1.54, 1.807) is 0 Å². The summed E-state index contributed by atoms with van der Waals surface area (Å²) in [7, 11) is -1.98. The van der Waals surface area contributed by atoms with Crippen LogP contribution in [0.2, 0.25) is 18.1 Å². The molecule has 0 amide bonds. The predicted molar refractivity (Wildman–Crippen MR) is 88.7 cm³/mol. The molecule has 0 N–H and O–H groups in total. The molecule has 0 aromatic heterocycles. The second-order valence-corrected chi connectivity index (χ2v) is 11.8. The maximum absolute atomic E-state index is 10.9. The lowest BCUT2D eigenvalue weighted by Crippen LogP contribution is -2.45. The van der Waals surface area contributed by atoms with Crippen LogP contribution in [0.1, 0.15) is 32.8 Å². The summed E-state index contributed by atoms with van der Waals surface area (Å²) in [6.45, 7) is 10.6. The fourth-order valence-electron chi connectivity index (χ4n) is 1.92. The quantitative estimate of drug-likeness (QED) is 0.429. The highest BCUT2D eigenvalue weighted by atomic mass is 28.4. The Kier molecular flexibility index (Phi) is 6.10. The number of hydrogen-bond donors (Lipinski definition) is 0. The molecule has 0 saturated heterocycles. The number of rotatable bonds is 7. The molecule has 1 atom stereocenters. The summed E-state index contributed by atoms with van der Waals surface area (Å²) < 4.78 is 6.23. The van der Waals surface area contributed by atoms with Gasteiger partial charge >= 0.3 is 0 Å². The monoisotopic (exact) mass is 309 g/mol. The van der Waals surface area contributed by atoms with Gasteiger partial charge in [0.2, 0.25) is 6.54 Å². The summed E-state index contributed by atoms with van der Waals surface area (Å²) in [5.41, 5.74) is 1.20. The molecule has 0 bridgehead atoms. The zero-order valence-corrected chi connectivity index (χ0v) is 14.8. The number of nitrogens with zero attached hydrogens (tertiary/aromatic N) is 1. The molecule has 0 saturated carbocycles. The topological polar surface area (TPSA) is 52.4 Å². The van der Waals surface area contributed by atoms with Crippen molar-refractivity contribution in [2.75, 3.05) is 6.54 Å². The average molecular weight is 309 g/mol. The maximum atomic E-state index is 10.9. The van der Waals surface area contributed by atoms with E-state index in [2.05, 4.69) is 46.0 Å². The summed E-state index contributed by atoms with van der Waals surface area (Å²) in [5.74, 6) is 0. The van der Waals surface area contributed by atoms with Crippen LogP contribution in [0, 0.1) is 10.1 Å². The molecule has 21 heavy (non-hydrogen) atoms. The van der Waals surface area contributed by atoms with E-state index in [0.717, 1.165) is 6.42 Å². The van der Waals surface area contributed by atoms with Crippen LogP contribution in [0.15, 0.2) is 30.3 Å². The van der Waals surface area contributed by atoms with Crippen molar-refractivity contribution in [1.82, 2.24) is 0 Å². The predicted octanol–water partition coefficient (Wildman–Crippen LogP) is 4.29. The number of aryl methyl sites for hydroxylation is 1. The van der Waals surface area contributed by atoms with Crippen LogP contribution in [-0.4, -0.2) is 25.9 Å². The molecule has 1 aromatic carbocycles. The molecule has 0 spiro atoms. The minimum Gasteiger partial charge on any atom is -0.407 e. The van der Waals surface area contributed by atoms with E-state index in [1.807, 2.05) is 18.2 Å². The van der Waals surface area contributed by atoms with Crippen molar-refractivity contribution >= 4 is 8.32 Å². The largest absolute Gasteiger partial charge is 0.407 e. The Bertz CT molecular complexity index is 454. The summed E-state index contributed by atoms with van der Waals surface area (Å²) >= 11 is 0. The van der Waals surface area contributed by atoms with Crippen LogP contribution in [0.3, 0.4) is 0 Å². The van der Waals surface area contributed by atoms with E-state index in [9.17, 15) is 10.1 Å². The molecule has 118 valence electrons. The molecule has 4 nitrogen and oxygen atoms in total. The van der Waals surface area contributed by atoms with Gasteiger partial charge in [0.25, 0.3) is 0 Å². The Labute approximate surface area is 128 Å². The van der Waals surface area contributed by atoms with Crippen molar-refractivity contribution in [3.8, 4) is 0 Å². The van der Waals surface area contributed by atoms with E-state index in [4.69, 9.17) is 4.43 Å². The molecular formula is C16H27NO3Si. The molecule has 1 rings (SSSR count). The summed E-state index contributed by atoms with van der Waals surface area (Å²) in [6, 6.07) is 10.1. The smallest absolute Gasteiger partial charge is 0.228 e. The van der Waals surface area contributed by atoms with Gasteiger partial charge in [0.05, 0.1) is 0 Å². The van der Waals surface area contributed by atoms with Crippen LogP contribution >= 0.6 is 0 Å². The van der Waals surface area contributed by atoms with Gasteiger partial charge < -0.3 is 4.43 Å². The lowest BCUT2D eigenvalue weighted by molar-refractivity contribution is -0.489. The van der Waals surface area contributed by atoms with Crippen LogP contribution in [0.25, 0.3) is 0 Å². The maximum Gasteiger partial charge on any atom is 0.228 e. The van der Waals surface area contributed by atoms with E-state index < -0.39 is 8.32 Å². The molecular weight excluding hydrogens is 282 g/mol. The third-order valence-corrected chi connectivity index (χ3v) is 8.75. The van der Waals surface area contributed by atoms with Gasteiger partial charge in [0.15, 0.2) is 8.32 Å². The van der Waals surface area contributed by atoms with Crippen molar-refractivity contribution in [3.63, 3.8) is 0 Å². The van der Waals surface area contributed by atoms with E-state index >= 15 is 0 Å². The molecule has 1 aromatic rings. The minimum absolute atomic E-state index is 0.0641. The highest BCUT2D eigenvalue weighted by molar-refractivity contribution is 6.74. The highest BCUT2D eigenvalue weighted by Gasteiger charge is 2.40. The van der Waals surface area contributed by atoms with Gasteiger partial charge in [-0.2, -0.15) is 0 Å². The van der Waals surface area contributed by atoms with Gasteiger partial charge in [-0.1, -0.05) is 51.1 Å². The molecule has 0 aliphatic carbocycles. The minimum atomic E-state index is -1.98. The van der Waals surface area contributed by atoms with Crippen molar-refractivity contribution in [1.29, 1.82) is 0 Å². The average Bonchev–Trinajstić information content (AvgIpc) is 2.35. The van der Waals surface area contributed by atoms with E-state index in [0.29, 0.717) is 6.42 Å². The van der Waals surface area contributed by atoms with E-state index in [-0.39, 0.29) is 22.6 Å². The lowest BCUT2D eigenvalue weighted by Gasteiger charge is -2.38. The molecule has 0 heterocycles. The number of hydrogen-bond acceptors (Lipinski definition) is 3. The molecule has 0 aliphatic heterocycles. The first-order chi connectivity index (χ1) is 9.62. The van der Waals surface area contributed by atoms with Gasteiger partial charge in [0, 0.05) is 4.92 Å². The first kappa shape index (κ1) is 17.8. The summed E-state index contributed by atoms with van der Waals surface area (Å²) in [4.78, 5) is 10.6. The Morgan fingerprint density at radius 2 is 1.81 bits per heavy atom. The fourth-order valence-corrected chi connectivity index (χ4v) is 3.30. The highest BCUT2D eigenvalue weighted by Crippen LogP contribution is 2.37. The normalized spacial score (nSPS) is 14.0. The lowest BCUT2D eigenvalue weighted by atomic mass is 10.1. The molecule has 0 radical (unpaired) electrons. The van der Waals surface area contributed by atoms with Gasteiger partial charge in [-0.05, 0) is 36.5 Å². The second kappa shape index (κ2) is 7.18. The zero-order chi connectivity index (χ0) is 16.1. The zero-order valence-electron chi connectivity index (χ0n) is 13.8. The molecule has 0 aliphatic rings. The fraction of sp³-hybridized carbons (Fsp3) is 0.625. The number of benzene rings is 1. The Morgan fingerprint density at radius 1 is 1.24 bits per heavy atom. The Hall–Kier alpha value is -1.20. The second-order valence-electron chi connectivity index (χ2n) is 7.04. The first-order valence-electron chi connectivity index (χ1n) is 7.45. The summed E-state index contributed by atoms with van der Waals surface area (Å²) in [6.07, 6.45) is 1.20. The van der Waals surface area contributed by atoms with Gasteiger partial charge in [-0.15, -0.1) is 0 Å². The summed E-state index contributed by atoms with van der Waals surface area (Å²) in [5, 5.41) is 11.0. The Morgan fingerprint density at radius 3 is 2.29 bits per heavy atom. The van der Waals surface area contributed by atoms with Crippen molar-refractivity contribution in [3.05, 3.63) is 46.0 Å². The van der Waals surface area contributed by atoms with Crippen LogP contribution in [0.4, 0.5) is 0 Å². The van der Waals surface area contributed by atoms with Crippen molar-refractivity contribution in [2.45, 2.75) is 57.8 Å². The van der Waals surface area contributed by atoms with Gasteiger partial charge in [0.1, 0.15) is 6.10 Å².